The summed E-state index contributed by atoms with van der Waals surface area (Å²) in [6.07, 6.45) is 1.23. The third-order valence-corrected chi connectivity index (χ3v) is 3.03. The number of hydrazone groups is 1. The van der Waals surface area contributed by atoms with E-state index in [2.05, 4.69) is 10.5 Å². The van der Waals surface area contributed by atoms with Gasteiger partial charge in [0.25, 0.3) is 11.6 Å². The van der Waals surface area contributed by atoms with Gasteiger partial charge in [-0.2, -0.15) is 5.10 Å². The predicted octanol–water partition coefficient (Wildman–Crippen LogP) is 2.46. The monoisotopic (exact) mass is 329 g/mol. The van der Waals surface area contributed by atoms with Crippen molar-refractivity contribution in [2.45, 2.75) is 6.92 Å². The van der Waals surface area contributed by atoms with Gasteiger partial charge in [0.2, 0.25) is 0 Å². The number of phenols is 1. The van der Waals surface area contributed by atoms with Crippen LogP contribution in [0.15, 0.2) is 47.6 Å². The number of benzene rings is 2. The summed E-state index contributed by atoms with van der Waals surface area (Å²) in [6, 6.07) is 10.2. The lowest BCUT2D eigenvalue weighted by molar-refractivity contribution is -0.385. The van der Waals surface area contributed by atoms with Crippen LogP contribution >= 0.6 is 0 Å². The number of hydrogen-bond acceptors (Lipinski definition) is 6. The Morgan fingerprint density at radius 2 is 2.12 bits per heavy atom. The van der Waals surface area contributed by atoms with Crippen molar-refractivity contribution in [3.63, 3.8) is 0 Å². The van der Waals surface area contributed by atoms with Crippen LogP contribution in [0, 0.1) is 10.1 Å². The number of aromatic hydroxyl groups is 1. The van der Waals surface area contributed by atoms with Crippen LogP contribution in [0.1, 0.15) is 22.8 Å². The molecule has 0 aliphatic rings. The van der Waals surface area contributed by atoms with Gasteiger partial charge in [0, 0.05) is 17.7 Å². The molecule has 1 amide bonds. The van der Waals surface area contributed by atoms with Crippen LogP contribution < -0.4 is 10.2 Å². The van der Waals surface area contributed by atoms with Gasteiger partial charge in [-0.3, -0.25) is 14.9 Å². The minimum atomic E-state index is -0.719. The highest BCUT2D eigenvalue weighted by molar-refractivity contribution is 5.98. The van der Waals surface area contributed by atoms with Gasteiger partial charge >= 0.3 is 0 Å². The van der Waals surface area contributed by atoms with Crippen LogP contribution in [0.3, 0.4) is 0 Å². The van der Waals surface area contributed by atoms with Gasteiger partial charge in [0.15, 0.2) is 0 Å². The molecule has 2 aromatic rings. The van der Waals surface area contributed by atoms with Gasteiger partial charge in [-0.05, 0) is 25.1 Å². The van der Waals surface area contributed by atoms with Crippen molar-refractivity contribution < 1.29 is 19.6 Å². The number of nitrogens with zero attached hydrogens (tertiary/aromatic N) is 2. The summed E-state index contributed by atoms with van der Waals surface area (Å²) in [7, 11) is 0. The molecular weight excluding hydrogens is 314 g/mol. The summed E-state index contributed by atoms with van der Waals surface area (Å²) < 4.78 is 5.24. The predicted molar refractivity (Wildman–Crippen MR) is 87.4 cm³/mol. The molecule has 8 heteroatoms. The van der Waals surface area contributed by atoms with Crippen LogP contribution in [0.5, 0.6) is 11.5 Å². The van der Waals surface area contributed by atoms with Crippen LogP contribution in [0.4, 0.5) is 5.69 Å². The lowest BCUT2D eigenvalue weighted by Gasteiger charge is -2.05. The lowest BCUT2D eigenvalue weighted by atomic mass is 10.2. The standard InChI is InChI=1S/C16H15N3O5/c1-2-24-12-8-7-11(15(20)9-12)10-17-18-16(21)13-5-3-4-6-14(13)19(22)23/h3-10,20H,2H2,1H3,(H,18,21). The molecule has 2 aromatic carbocycles. The molecule has 0 heterocycles. The van der Waals surface area contributed by atoms with E-state index in [4.69, 9.17) is 4.74 Å². The molecule has 0 aliphatic heterocycles. The minimum absolute atomic E-state index is 0.0651. The fourth-order valence-corrected chi connectivity index (χ4v) is 1.93. The number of nitro groups is 1. The quantitative estimate of drug-likeness (QED) is 0.480. The number of ether oxygens (including phenoxy) is 1. The van der Waals surface area contributed by atoms with Gasteiger partial charge in [0.1, 0.15) is 17.1 Å². The van der Waals surface area contributed by atoms with E-state index in [1.165, 1.54) is 36.5 Å². The SMILES string of the molecule is CCOc1ccc(C=NNC(=O)c2ccccc2[N+](=O)[O-])c(O)c1. The Bertz CT molecular complexity index is 789. The maximum atomic E-state index is 12.0. The molecule has 0 bridgehead atoms. The van der Waals surface area contributed by atoms with Gasteiger partial charge < -0.3 is 9.84 Å². The topological polar surface area (TPSA) is 114 Å². The first-order valence-electron chi connectivity index (χ1n) is 7.05. The zero-order chi connectivity index (χ0) is 17.5. The molecule has 124 valence electrons. The van der Waals surface area contributed by atoms with Crippen molar-refractivity contribution in [1.29, 1.82) is 0 Å². The maximum absolute atomic E-state index is 12.0. The fraction of sp³-hybridized carbons (Fsp3) is 0.125. The Hall–Kier alpha value is -3.42. The molecule has 0 atom stereocenters. The van der Waals surface area contributed by atoms with Gasteiger partial charge in [-0.25, -0.2) is 5.43 Å². The second-order valence-electron chi connectivity index (χ2n) is 4.63. The molecule has 0 unspecified atom stereocenters. The largest absolute Gasteiger partial charge is 0.507 e. The molecule has 0 radical (unpaired) electrons. The third kappa shape index (κ3) is 4.07. The smallest absolute Gasteiger partial charge is 0.282 e. The number of phenolic OH excluding ortho intramolecular Hbond substituents is 1. The summed E-state index contributed by atoms with van der Waals surface area (Å²) in [6.45, 7) is 2.30. The number of carbonyl (C=O) groups is 1. The van der Waals surface area contributed by atoms with E-state index in [0.717, 1.165) is 0 Å². The molecule has 2 rings (SSSR count). The van der Waals surface area contributed by atoms with Crippen molar-refractivity contribution in [2.24, 2.45) is 5.10 Å². The van der Waals surface area contributed by atoms with E-state index in [9.17, 15) is 20.0 Å². The molecular formula is C16H15N3O5. The highest BCUT2D eigenvalue weighted by Gasteiger charge is 2.18. The number of hydrogen-bond donors (Lipinski definition) is 2. The van der Waals surface area contributed by atoms with E-state index < -0.39 is 10.8 Å². The highest BCUT2D eigenvalue weighted by Crippen LogP contribution is 2.22. The fourth-order valence-electron chi connectivity index (χ4n) is 1.93. The minimum Gasteiger partial charge on any atom is -0.507 e. The highest BCUT2D eigenvalue weighted by atomic mass is 16.6. The molecule has 2 N–H and O–H groups in total. The Labute approximate surface area is 137 Å². The second kappa shape index (κ2) is 7.73. The van der Waals surface area contributed by atoms with Crippen molar-refractivity contribution in [2.75, 3.05) is 6.61 Å². The summed E-state index contributed by atoms with van der Waals surface area (Å²) in [5.74, 6) is -0.273. The molecule has 0 saturated carbocycles. The lowest BCUT2D eigenvalue weighted by Crippen LogP contribution is -2.18. The van der Waals surface area contributed by atoms with E-state index in [1.807, 2.05) is 6.92 Å². The first kappa shape index (κ1) is 16.9. The van der Waals surface area contributed by atoms with Crippen molar-refractivity contribution in [3.05, 3.63) is 63.7 Å². The summed E-state index contributed by atoms with van der Waals surface area (Å²) >= 11 is 0. The Kier molecular flexibility index (Phi) is 5.45. The molecule has 0 saturated heterocycles. The Morgan fingerprint density at radius 1 is 1.38 bits per heavy atom. The zero-order valence-corrected chi connectivity index (χ0v) is 12.8. The summed E-state index contributed by atoms with van der Waals surface area (Å²) in [4.78, 5) is 22.2. The van der Waals surface area contributed by atoms with Gasteiger partial charge in [-0.15, -0.1) is 0 Å². The second-order valence-corrected chi connectivity index (χ2v) is 4.63. The number of carbonyl (C=O) groups excluding carboxylic acids is 1. The molecule has 8 nitrogen and oxygen atoms in total. The Morgan fingerprint density at radius 3 is 2.79 bits per heavy atom. The van der Waals surface area contributed by atoms with E-state index >= 15 is 0 Å². The average molecular weight is 329 g/mol. The molecule has 0 spiro atoms. The number of amides is 1. The maximum Gasteiger partial charge on any atom is 0.282 e. The van der Waals surface area contributed by atoms with Crippen molar-refractivity contribution in [3.8, 4) is 11.5 Å². The van der Waals surface area contributed by atoms with Gasteiger partial charge in [-0.1, -0.05) is 12.1 Å². The third-order valence-electron chi connectivity index (χ3n) is 3.03. The number of para-hydroxylation sites is 1. The molecule has 24 heavy (non-hydrogen) atoms. The zero-order valence-electron chi connectivity index (χ0n) is 12.8. The van der Waals surface area contributed by atoms with Crippen LogP contribution in [0.2, 0.25) is 0 Å². The average Bonchev–Trinajstić information content (AvgIpc) is 2.57. The normalized spacial score (nSPS) is 10.5. The van der Waals surface area contributed by atoms with E-state index in [-0.39, 0.29) is 17.0 Å². The van der Waals surface area contributed by atoms with Crippen LogP contribution in [0.25, 0.3) is 0 Å². The Balaban J connectivity index is 2.09. The number of nitro benzene ring substituents is 1. The summed E-state index contributed by atoms with van der Waals surface area (Å²) in [5, 5.41) is 24.4. The van der Waals surface area contributed by atoms with Crippen molar-refractivity contribution in [1.82, 2.24) is 5.43 Å². The molecule has 0 fully saturated rings. The van der Waals surface area contributed by atoms with E-state index in [0.29, 0.717) is 17.9 Å². The molecule has 0 aliphatic carbocycles. The van der Waals surface area contributed by atoms with Gasteiger partial charge in [0.05, 0.1) is 17.7 Å². The first-order valence-corrected chi connectivity index (χ1v) is 7.05. The number of rotatable bonds is 6. The first-order chi connectivity index (χ1) is 11.5. The van der Waals surface area contributed by atoms with Crippen LogP contribution in [-0.2, 0) is 0 Å². The van der Waals surface area contributed by atoms with Crippen molar-refractivity contribution >= 4 is 17.8 Å². The number of nitrogens with one attached hydrogen (secondary N) is 1. The summed E-state index contributed by atoms with van der Waals surface area (Å²) in [5.41, 5.74) is 2.14. The van der Waals surface area contributed by atoms with E-state index in [1.54, 1.807) is 12.1 Å². The van der Waals surface area contributed by atoms with Crippen LogP contribution in [-0.4, -0.2) is 28.8 Å². The molecule has 0 aromatic heterocycles.